The van der Waals surface area contributed by atoms with Gasteiger partial charge in [0, 0.05) is 12.7 Å². The fourth-order valence-corrected chi connectivity index (χ4v) is 4.16. The van der Waals surface area contributed by atoms with E-state index in [0.717, 1.165) is 33.2 Å². The second-order valence-corrected chi connectivity index (χ2v) is 8.26. The van der Waals surface area contributed by atoms with Gasteiger partial charge in [0.1, 0.15) is 18.2 Å². The van der Waals surface area contributed by atoms with Gasteiger partial charge in [0.05, 0.1) is 17.9 Å². The van der Waals surface area contributed by atoms with Crippen LogP contribution in [0, 0.1) is 24.6 Å². The summed E-state index contributed by atoms with van der Waals surface area (Å²) in [4.78, 5) is 11.1. The van der Waals surface area contributed by atoms with E-state index in [1.54, 1.807) is 19.1 Å². The number of hydrogen-bond acceptors (Lipinski definition) is 2. The van der Waals surface area contributed by atoms with E-state index in [2.05, 4.69) is 47.7 Å². The molecule has 0 amide bonds. The lowest BCUT2D eigenvalue weighted by Gasteiger charge is -2.14. The second-order valence-electron chi connectivity index (χ2n) is 8.26. The van der Waals surface area contributed by atoms with Crippen LogP contribution in [-0.2, 0) is 17.9 Å². The molecular weight excluding hydrogens is 429 g/mol. The molecule has 0 radical (unpaired) electrons. The maximum Gasteiger partial charge on any atom is 0.304 e. The number of fused-ring (bicyclic) bond motifs is 1. The monoisotopic (exact) mass is 455 g/mol. The van der Waals surface area contributed by atoms with E-state index in [0.29, 0.717) is 18.9 Å². The smallest absolute Gasteiger partial charge is 0.304 e. The van der Waals surface area contributed by atoms with Crippen LogP contribution in [0.4, 0.5) is 4.39 Å². The van der Waals surface area contributed by atoms with Gasteiger partial charge >= 0.3 is 5.97 Å². The van der Waals surface area contributed by atoms with Crippen molar-refractivity contribution in [3.8, 4) is 17.6 Å². The third kappa shape index (κ3) is 5.29. The van der Waals surface area contributed by atoms with Gasteiger partial charge in [-0.25, -0.2) is 4.39 Å². The Morgan fingerprint density at radius 1 is 1.06 bits per heavy atom. The van der Waals surface area contributed by atoms with Crippen molar-refractivity contribution in [3.63, 3.8) is 0 Å². The molecule has 0 fully saturated rings. The molecule has 0 aliphatic rings. The lowest BCUT2D eigenvalue weighted by atomic mass is 9.96. The molecule has 172 valence electrons. The molecule has 1 atom stereocenters. The summed E-state index contributed by atoms with van der Waals surface area (Å²) in [7, 11) is 0. The number of rotatable bonds is 8. The van der Waals surface area contributed by atoms with E-state index in [1.165, 1.54) is 12.1 Å². The van der Waals surface area contributed by atoms with Crippen LogP contribution in [-0.4, -0.2) is 15.6 Å². The number of hydrogen-bond donors (Lipinski definition) is 1. The van der Waals surface area contributed by atoms with Crippen molar-refractivity contribution in [1.82, 2.24) is 4.57 Å². The molecule has 1 aromatic heterocycles. The van der Waals surface area contributed by atoms with Crippen LogP contribution in [0.5, 0.6) is 5.75 Å². The summed E-state index contributed by atoms with van der Waals surface area (Å²) in [5, 5.41) is 10.3. The molecule has 4 nitrogen and oxygen atoms in total. The first kappa shape index (κ1) is 23.1. The standard InChI is InChI=1S/C29H26FNO3/c1-3-4-24(17-28(32)33)22-9-13-27(14-10-22)34-19-25-8-7-23-15-16-31(29(23)20(25)2)18-21-5-11-26(30)12-6-21/h5-16,24H,17-19H2,1-2H3,(H,32,33). The Labute approximate surface area is 198 Å². The Morgan fingerprint density at radius 3 is 2.47 bits per heavy atom. The molecular formula is C29H26FNO3. The fraction of sp³-hybridized carbons (Fsp3) is 0.207. The number of aryl methyl sites for hydroxylation is 1. The van der Waals surface area contributed by atoms with Gasteiger partial charge in [-0.2, -0.15) is 0 Å². The minimum absolute atomic E-state index is 0.0299. The predicted octanol–water partition coefficient (Wildman–Crippen LogP) is 6.30. The molecule has 0 aliphatic carbocycles. The molecule has 3 aromatic carbocycles. The highest BCUT2D eigenvalue weighted by Crippen LogP contribution is 2.26. The molecule has 0 spiro atoms. The van der Waals surface area contributed by atoms with E-state index in [-0.39, 0.29) is 18.2 Å². The summed E-state index contributed by atoms with van der Waals surface area (Å²) in [6.07, 6.45) is 2.02. The van der Waals surface area contributed by atoms with E-state index >= 15 is 0 Å². The van der Waals surface area contributed by atoms with Crippen molar-refractivity contribution in [2.45, 2.75) is 39.3 Å². The third-order valence-electron chi connectivity index (χ3n) is 5.94. The highest BCUT2D eigenvalue weighted by atomic mass is 19.1. The molecule has 0 bridgehead atoms. The molecule has 0 aliphatic heterocycles. The number of halogens is 1. The molecule has 4 aromatic rings. The number of ether oxygens (including phenoxy) is 1. The second kappa shape index (κ2) is 10.3. The number of carbonyl (C=O) groups is 1. The van der Waals surface area contributed by atoms with E-state index in [1.807, 2.05) is 24.3 Å². The summed E-state index contributed by atoms with van der Waals surface area (Å²) >= 11 is 0. The molecule has 1 unspecified atom stereocenters. The minimum atomic E-state index is -0.872. The van der Waals surface area contributed by atoms with E-state index < -0.39 is 5.97 Å². The summed E-state index contributed by atoms with van der Waals surface area (Å²) in [6.45, 7) is 4.87. The Morgan fingerprint density at radius 2 is 1.79 bits per heavy atom. The Hall–Kier alpha value is -4.04. The van der Waals surface area contributed by atoms with Crippen LogP contribution < -0.4 is 4.74 Å². The lowest BCUT2D eigenvalue weighted by Crippen LogP contribution is -2.05. The van der Waals surface area contributed by atoms with Gasteiger partial charge in [-0.3, -0.25) is 4.79 Å². The minimum Gasteiger partial charge on any atom is -0.489 e. The number of nitrogens with zero attached hydrogens (tertiary/aromatic N) is 1. The number of benzene rings is 3. The summed E-state index contributed by atoms with van der Waals surface area (Å²) < 4.78 is 21.5. The van der Waals surface area contributed by atoms with Crippen LogP contribution in [0.2, 0.25) is 0 Å². The van der Waals surface area contributed by atoms with E-state index in [4.69, 9.17) is 9.84 Å². The van der Waals surface area contributed by atoms with Gasteiger partial charge in [0.15, 0.2) is 0 Å². The van der Waals surface area contributed by atoms with Crippen LogP contribution in [0.3, 0.4) is 0 Å². The third-order valence-corrected chi connectivity index (χ3v) is 5.94. The molecule has 34 heavy (non-hydrogen) atoms. The van der Waals surface area contributed by atoms with Gasteiger partial charge in [-0.05, 0) is 71.8 Å². The number of aliphatic carboxylic acids is 1. The Bertz CT molecular complexity index is 1360. The Balaban J connectivity index is 1.50. The zero-order chi connectivity index (χ0) is 24.1. The normalized spacial score (nSPS) is 11.6. The summed E-state index contributed by atoms with van der Waals surface area (Å²) in [6, 6.07) is 20.3. The Kier molecular flexibility index (Phi) is 6.98. The van der Waals surface area contributed by atoms with Crippen LogP contribution in [0.1, 0.15) is 41.5 Å². The molecule has 1 N–H and O–H groups in total. The molecule has 0 saturated carbocycles. The molecule has 4 rings (SSSR count). The quantitative estimate of drug-likeness (QED) is 0.317. The van der Waals surface area contributed by atoms with Gasteiger partial charge < -0.3 is 14.4 Å². The van der Waals surface area contributed by atoms with Crippen molar-refractivity contribution in [3.05, 3.63) is 101 Å². The van der Waals surface area contributed by atoms with Crippen molar-refractivity contribution < 1.29 is 19.0 Å². The van der Waals surface area contributed by atoms with Crippen molar-refractivity contribution in [1.29, 1.82) is 0 Å². The van der Waals surface area contributed by atoms with Crippen LogP contribution in [0.15, 0.2) is 72.9 Å². The lowest BCUT2D eigenvalue weighted by molar-refractivity contribution is -0.137. The summed E-state index contributed by atoms with van der Waals surface area (Å²) in [5.74, 6) is 5.04. The van der Waals surface area contributed by atoms with Crippen molar-refractivity contribution >= 4 is 16.9 Å². The predicted molar refractivity (Wildman–Crippen MR) is 131 cm³/mol. The van der Waals surface area contributed by atoms with Gasteiger partial charge in [-0.15, -0.1) is 5.92 Å². The highest BCUT2D eigenvalue weighted by molar-refractivity contribution is 5.84. The maximum absolute atomic E-state index is 13.3. The average molecular weight is 456 g/mol. The zero-order valence-corrected chi connectivity index (χ0v) is 19.2. The first-order chi connectivity index (χ1) is 16.4. The van der Waals surface area contributed by atoms with Gasteiger partial charge in [0.25, 0.3) is 0 Å². The average Bonchev–Trinajstić information content (AvgIpc) is 3.23. The van der Waals surface area contributed by atoms with Crippen molar-refractivity contribution in [2.24, 2.45) is 0 Å². The molecule has 5 heteroatoms. The van der Waals surface area contributed by atoms with Crippen LogP contribution in [0.25, 0.3) is 10.9 Å². The summed E-state index contributed by atoms with van der Waals surface area (Å²) in [5.41, 5.74) is 5.25. The maximum atomic E-state index is 13.3. The topological polar surface area (TPSA) is 51.5 Å². The SMILES string of the molecule is CC#CC(CC(=O)O)c1ccc(OCc2ccc3ccn(Cc4ccc(F)cc4)c3c2C)cc1. The fourth-order valence-electron chi connectivity index (χ4n) is 4.16. The van der Waals surface area contributed by atoms with Gasteiger partial charge in [-0.1, -0.05) is 42.3 Å². The molecule has 1 heterocycles. The van der Waals surface area contributed by atoms with Gasteiger partial charge in [0.2, 0.25) is 0 Å². The zero-order valence-electron chi connectivity index (χ0n) is 19.2. The number of aromatic nitrogens is 1. The van der Waals surface area contributed by atoms with E-state index in [9.17, 15) is 9.18 Å². The highest BCUT2D eigenvalue weighted by Gasteiger charge is 2.14. The number of carboxylic acid groups (broad SMARTS) is 1. The first-order valence-electron chi connectivity index (χ1n) is 11.1. The van der Waals surface area contributed by atoms with Crippen LogP contribution >= 0.6 is 0 Å². The largest absolute Gasteiger partial charge is 0.489 e. The first-order valence-corrected chi connectivity index (χ1v) is 11.1. The molecule has 0 saturated heterocycles. The van der Waals surface area contributed by atoms with Crippen molar-refractivity contribution in [2.75, 3.05) is 0 Å². The number of carboxylic acids is 1.